The van der Waals surface area contributed by atoms with Crippen LogP contribution in [0.25, 0.3) is 0 Å². The molecule has 0 aliphatic heterocycles. The number of imidazole rings is 1. The van der Waals surface area contributed by atoms with Gasteiger partial charge in [-0.25, -0.2) is 4.98 Å². The Bertz CT molecular complexity index is 321. The lowest BCUT2D eigenvalue weighted by Crippen LogP contribution is -2.22. The molecule has 1 rings (SSSR count). The molecule has 0 spiro atoms. The van der Waals surface area contributed by atoms with E-state index in [9.17, 15) is 13.2 Å². The summed E-state index contributed by atoms with van der Waals surface area (Å²) in [6, 6.07) is 0. The number of rotatable bonds is 4. The summed E-state index contributed by atoms with van der Waals surface area (Å²) in [5, 5.41) is 3.11. The molecule has 86 valence electrons. The minimum atomic E-state index is -4.12. The van der Waals surface area contributed by atoms with E-state index in [1.54, 1.807) is 11.6 Å². The molecule has 0 saturated heterocycles. The average Bonchev–Trinajstić information content (AvgIpc) is 2.42. The molecule has 0 amide bonds. The van der Waals surface area contributed by atoms with Gasteiger partial charge in [-0.05, 0) is 0 Å². The zero-order chi connectivity index (χ0) is 11.5. The first kappa shape index (κ1) is 12.3. The Morgan fingerprint density at radius 3 is 2.67 bits per heavy atom. The number of alkyl halides is 3. The predicted molar refractivity (Wildman–Crippen MR) is 50.6 cm³/mol. The molecule has 1 N–H and O–H groups in total. The van der Waals surface area contributed by atoms with Crippen LogP contribution in [-0.4, -0.2) is 22.3 Å². The smallest absolute Gasteiger partial charge is 0.321 e. The van der Waals surface area contributed by atoms with Crippen LogP contribution in [-0.2, 0) is 13.6 Å². The topological polar surface area (TPSA) is 29.9 Å². The van der Waals surface area contributed by atoms with Crippen molar-refractivity contribution in [2.45, 2.75) is 19.1 Å². The summed E-state index contributed by atoms with van der Waals surface area (Å²) >= 11 is 5.71. The second kappa shape index (κ2) is 4.85. The van der Waals surface area contributed by atoms with Gasteiger partial charge in [0.25, 0.3) is 0 Å². The number of hydrogen-bond donors (Lipinski definition) is 1. The maximum absolute atomic E-state index is 11.8. The summed E-state index contributed by atoms with van der Waals surface area (Å²) in [6.07, 6.45) is -3.50. The minimum Gasteiger partial charge on any atom is -0.321 e. The second-order valence-electron chi connectivity index (χ2n) is 3.10. The lowest BCUT2D eigenvalue weighted by molar-refractivity contribution is -0.133. The van der Waals surface area contributed by atoms with Crippen LogP contribution in [0.4, 0.5) is 13.2 Å². The van der Waals surface area contributed by atoms with Crippen LogP contribution >= 0.6 is 11.6 Å². The highest BCUT2D eigenvalue weighted by atomic mass is 35.5. The molecule has 15 heavy (non-hydrogen) atoms. The molecule has 0 bridgehead atoms. The molecule has 0 atom stereocenters. The molecular formula is C8H11ClF3N3. The molecule has 0 aromatic carbocycles. The van der Waals surface area contributed by atoms with Crippen molar-refractivity contribution < 1.29 is 13.2 Å². The van der Waals surface area contributed by atoms with E-state index in [4.69, 9.17) is 11.6 Å². The van der Waals surface area contributed by atoms with Gasteiger partial charge in [0, 0.05) is 13.6 Å². The fraction of sp³-hybridized carbons (Fsp3) is 0.625. The molecule has 3 nitrogen and oxygen atoms in total. The first-order chi connectivity index (χ1) is 6.90. The lowest BCUT2D eigenvalue weighted by Gasteiger charge is -2.07. The third kappa shape index (κ3) is 4.09. The Kier molecular flexibility index (Phi) is 3.98. The summed E-state index contributed by atoms with van der Waals surface area (Å²) in [5.74, 6) is 0.613. The highest BCUT2D eigenvalue weighted by molar-refractivity contribution is 6.29. The molecule has 1 heterocycles. The molecule has 0 saturated carbocycles. The first-order valence-electron chi connectivity index (χ1n) is 4.34. The van der Waals surface area contributed by atoms with Gasteiger partial charge in [0.15, 0.2) is 0 Å². The Morgan fingerprint density at radius 1 is 1.53 bits per heavy atom. The Morgan fingerprint density at radius 2 is 2.20 bits per heavy atom. The van der Waals surface area contributed by atoms with Gasteiger partial charge in [-0.15, -0.1) is 0 Å². The summed E-state index contributed by atoms with van der Waals surface area (Å²) in [4.78, 5) is 3.94. The van der Waals surface area contributed by atoms with Crippen molar-refractivity contribution in [3.63, 3.8) is 0 Å². The van der Waals surface area contributed by atoms with Gasteiger partial charge in [-0.2, -0.15) is 13.2 Å². The standard InChI is InChI=1S/C8H11ClF3N3/c1-15-6(9)4-14-7(15)5-13-3-2-8(10,11)12/h4,13H,2-3,5H2,1H3. The minimum absolute atomic E-state index is 0.117. The van der Waals surface area contributed by atoms with Crippen LogP contribution in [0.2, 0.25) is 5.15 Å². The monoisotopic (exact) mass is 241 g/mol. The fourth-order valence-corrected chi connectivity index (χ4v) is 1.17. The van der Waals surface area contributed by atoms with Crippen molar-refractivity contribution >= 4 is 11.6 Å². The molecule has 1 aromatic rings. The van der Waals surface area contributed by atoms with Gasteiger partial charge >= 0.3 is 6.18 Å². The van der Waals surface area contributed by atoms with E-state index < -0.39 is 12.6 Å². The van der Waals surface area contributed by atoms with Crippen molar-refractivity contribution in [3.8, 4) is 0 Å². The van der Waals surface area contributed by atoms with Crippen LogP contribution in [0.3, 0.4) is 0 Å². The molecule has 7 heteroatoms. The van der Waals surface area contributed by atoms with Crippen molar-refractivity contribution in [1.29, 1.82) is 0 Å². The SMILES string of the molecule is Cn1c(Cl)cnc1CNCCC(F)(F)F. The Hall–Kier alpha value is -0.750. The molecule has 0 aliphatic rings. The van der Waals surface area contributed by atoms with Crippen LogP contribution in [0.5, 0.6) is 0 Å². The Balaban J connectivity index is 2.30. The van der Waals surface area contributed by atoms with Crippen LogP contribution in [0.1, 0.15) is 12.2 Å². The van der Waals surface area contributed by atoms with Gasteiger partial charge in [-0.1, -0.05) is 11.6 Å². The average molecular weight is 242 g/mol. The molecular weight excluding hydrogens is 231 g/mol. The zero-order valence-corrected chi connectivity index (χ0v) is 8.86. The van der Waals surface area contributed by atoms with Gasteiger partial charge < -0.3 is 9.88 Å². The highest BCUT2D eigenvalue weighted by Gasteiger charge is 2.25. The van der Waals surface area contributed by atoms with E-state index in [0.717, 1.165) is 0 Å². The molecule has 0 aliphatic carbocycles. The van der Waals surface area contributed by atoms with E-state index in [1.165, 1.54) is 6.20 Å². The maximum atomic E-state index is 11.8. The van der Waals surface area contributed by atoms with Crippen molar-refractivity contribution in [1.82, 2.24) is 14.9 Å². The third-order valence-electron chi connectivity index (χ3n) is 1.90. The van der Waals surface area contributed by atoms with Crippen molar-refractivity contribution in [2.75, 3.05) is 6.54 Å². The molecule has 0 fully saturated rings. The predicted octanol–water partition coefficient (Wildman–Crippen LogP) is 2.12. The van der Waals surface area contributed by atoms with Crippen LogP contribution in [0.15, 0.2) is 6.20 Å². The normalized spacial score (nSPS) is 12.1. The third-order valence-corrected chi connectivity index (χ3v) is 2.25. The number of aromatic nitrogens is 2. The zero-order valence-electron chi connectivity index (χ0n) is 8.10. The van der Waals surface area contributed by atoms with Crippen molar-refractivity contribution in [2.24, 2.45) is 7.05 Å². The molecule has 0 unspecified atom stereocenters. The second-order valence-corrected chi connectivity index (χ2v) is 3.49. The van der Waals surface area contributed by atoms with E-state index in [0.29, 0.717) is 11.0 Å². The van der Waals surface area contributed by atoms with Crippen LogP contribution in [0, 0.1) is 0 Å². The Labute approximate surface area is 90.2 Å². The van der Waals surface area contributed by atoms with Crippen molar-refractivity contribution in [3.05, 3.63) is 17.2 Å². The summed E-state index contributed by atoms with van der Waals surface area (Å²) < 4.78 is 37.0. The van der Waals surface area contributed by atoms with E-state index >= 15 is 0 Å². The largest absolute Gasteiger partial charge is 0.390 e. The fourth-order valence-electron chi connectivity index (χ4n) is 1.02. The van der Waals surface area contributed by atoms with E-state index in [-0.39, 0.29) is 13.1 Å². The molecule has 0 radical (unpaired) electrons. The summed E-state index contributed by atoms with van der Waals surface area (Å²) in [5.41, 5.74) is 0. The van der Waals surface area contributed by atoms with E-state index in [1.807, 2.05) is 0 Å². The maximum Gasteiger partial charge on any atom is 0.390 e. The number of nitrogens with one attached hydrogen (secondary N) is 1. The first-order valence-corrected chi connectivity index (χ1v) is 4.71. The van der Waals surface area contributed by atoms with Crippen LogP contribution < -0.4 is 5.32 Å². The van der Waals surface area contributed by atoms with Gasteiger partial charge in [0.1, 0.15) is 11.0 Å². The number of nitrogens with zero attached hydrogens (tertiary/aromatic N) is 2. The van der Waals surface area contributed by atoms with Gasteiger partial charge in [0.2, 0.25) is 0 Å². The summed E-state index contributed by atoms with van der Waals surface area (Å²) in [7, 11) is 1.70. The lowest BCUT2D eigenvalue weighted by atomic mass is 10.4. The highest BCUT2D eigenvalue weighted by Crippen LogP contribution is 2.18. The van der Waals surface area contributed by atoms with Gasteiger partial charge in [-0.3, -0.25) is 0 Å². The number of halogens is 4. The van der Waals surface area contributed by atoms with Gasteiger partial charge in [0.05, 0.1) is 19.2 Å². The quantitative estimate of drug-likeness (QED) is 0.819. The number of hydrogen-bond acceptors (Lipinski definition) is 2. The molecule has 1 aromatic heterocycles. The summed E-state index contributed by atoms with van der Waals surface area (Å²) in [6.45, 7) is 0.160. The van der Waals surface area contributed by atoms with E-state index in [2.05, 4.69) is 10.3 Å².